The molecular formula is C18H18INO4S. The largest absolute Gasteiger partial charge is 0.490 e. The summed E-state index contributed by atoms with van der Waals surface area (Å²) in [6, 6.07) is 3.69. The van der Waals surface area contributed by atoms with Crippen molar-refractivity contribution in [3.63, 3.8) is 0 Å². The monoisotopic (exact) mass is 471 g/mol. The van der Waals surface area contributed by atoms with Gasteiger partial charge < -0.3 is 9.47 Å². The van der Waals surface area contributed by atoms with E-state index >= 15 is 0 Å². The molecule has 0 spiro atoms. The third-order valence-electron chi connectivity index (χ3n) is 3.11. The van der Waals surface area contributed by atoms with Crippen LogP contribution >= 0.6 is 34.4 Å². The summed E-state index contributed by atoms with van der Waals surface area (Å²) in [7, 11) is 0. The number of ether oxygens (including phenoxy) is 2. The molecule has 0 saturated carbocycles. The van der Waals surface area contributed by atoms with Gasteiger partial charge in [-0.1, -0.05) is 5.92 Å². The summed E-state index contributed by atoms with van der Waals surface area (Å²) in [5.41, 5.74) is 0.759. The maximum absolute atomic E-state index is 12.3. The average molecular weight is 471 g/mol. The van der Waals surface area contributed by atoms with E-state index in [1.165, 1.54) is 0 Å². The second-order valence-corrected chi connectivity index (χ2v) is 7.56. The van der Waals surface area contributed by atoms with Crippen molar-refractivity contribution in [1.29, 1.82) is 0 Å². The number of benzene rings is 1. The topological polar surface area (TPSA) is 55.8 Å². The highest BCUT2D eigenvalue weighted by Crippen LogP contribution is 2.37. The van der Waals surface area contributed by atoms with Crippen molar-refractivity contribution in [1.82, 2.24) is 4.90 Å². The standard InChI is InChI=1S/C18H18INO4S/c1-5-7-20-17(21)15(25-18(20)22)10-12-8-13(19)16(24-11(3)4)14(9-12)23-6-2/h1,8-11H,6-7H2,2-4H3. The lowest BCUT2D eigenvalue weighted by atomic mass is 10.1. The zero-order valence-corrected chi connectivity index (χ0v) is 17.1. The van der Waals surface area contributed by atoms with Gasteiger partial charge in [0.15, 0.2) is 11.5 Å². The molecule has 0 N–H and O–H groups in total. The lowest BCUT2D eigenvalue weighted by molar-refractivity contribution is -0.122. The molecule has 0 unspecified atom stereocenters. The van der Waals surface area contributed by atoms with Crippen molar-refractivity contribution < 1.29 is 19.1 Å². The number of nitrogens with zero attached hydrogens (tertiary/aromatic N) is 1. The maximum Gasteiger partial charge on any atom is 0.294 e. The molecule has 1 aliphatic heterocycles. The van der Waals surface area contributed by atoms with Crippen LogP contribution in [0, 0.1) is 15.9 Å². The first-order valence-corrected chi connectivity index (χ1v) is 9.58. The molecule has 0 atom stereocenters. The first-order valence-electron chi connectivity index (χ1n) is 7.69. The van der Waals surface area contributed by atoms with Gasteiger partial charge in [-0.25, -0.2) is 0 Å². The Kier molecular flexibility index (Phi) is 6.79. The first kappa shape index (κ1) is 19.7. The van der Waals surface area contributed by atoms with Gasteiger partial charge in [-0.3, -0.25) is 14.5 Å². The highest BCUT2D eigenvalue weighted by molar-refractivity contribution is 14.1. The Balaban J connectivity index is 2.39. The number of thioether (sulfide) groups is 1. The van der Waals surface area contributed by atoms with Gasteiger partial charge >= 0.3 is 0 Å². The Hall–Kier alpha value is -1.66. The highest BCUT2D eigenvalue weighted by Gasteiger charge is 2.34. The smallest absolute Gasteiger partial charge is 0.294 e. The Morgan fingerprint density at radius 3 is 2.72 bits per heavy atom. The molecule has 1 fully saturated rings. The predicted molar refractivity (Wildman–Crippen MR) is 108 cm³/mol. The minimum Gasteiger partial charge on any atom is -0.490 e. The van der Waals surface area contributed by atoms with Gasteiger partial charge in [0, 0.05) is 0 Å². The summed E-state index contributed by atoms with van der Waals surface area (Å²) in [5.74, 6) is 3.23. The lowest BCUT2D eigenvalue weighted by Gasteiger charge is -2.17. The number of amides is 2. The van der Waals surface area contributed by atoms with E-state index in [1.54, 1.807) is 12.1 Å². The van der Waals surface area contributed by atoms with E-state index in [2.05, 4.69) is 28.5 Å². The van der Waals surface area contributed by atoms with Crippen molar-refractivity contribution >= 4 is 51.6 Å². The zero-order chi connectivity index (χ0) is 18.6. The van der Waals surface area contributed by atoms with Crippen molar-refractivity contribution in [3.05, 3.63) is 26.2 Å². The molecule has 0 bridgehead atoms. The molecule has 2 rings (SSSR count). The van der Waals surface area contributed by atoms with Gasteiger partial charge in [0.2, 0.25) is 0 Å². The number of rotatable bonds is 6. The van der Waals surface area contributed by atoms with Crippen LogP contribution in [0.25, 0.3) is 6.08 Å². The molecule has 2 amide bonds. The minimum atomic E-state index is -0.372. The molecule has 0 aromatic heterocycles. The molecule has 1 heterocycles. The molecule has 0 aliphatic carbocycles. The molecule has 0 radical (unpaired) electrons. The van der Waals surface area contributed by atoms with Crippen molar-refractivity contribution in [3.8, 4) is 23.8 Å². The molecule has 132 valence electrons. The Morgan fingerprint density at radius 2 is 2.12 bits per heavy atom. The summed E-state index contributed by atoms with van der Waals surface area (Å²) in [4.78, 5) is 25.6. The normalized spacial score (nSPS) is 15.8. The van der Waals surface area contributed by atoms with Gasteiger partial charge in [0.1, 0.15) is 0 Å². The zero-order valence-electron chi connectivity index (χ0n) is 14.2. The quantitative estimate of drug-likeness (QED) is 0.355. The van der Waals surface area contributed by atoms with Crippen molar-refractivity contribution in [2.45, 2.75) is 26.9 Å². The third-order valence-corrected chi connectivity index (χ3v) is 4.81. The van der Waals surface area contributed by atoms with Gasteiger partial charge in [-0.15, -0.1) is 6.42 Å². The number of terminal acetylenes is 1. The molecule has 7 heteroatoms. The van der Waals surface area contributed by atoms with E-state index in [0.717, 1.165) is 25.8 Å². The average Bonchev–Trinajstić information content (AvgIpc) is 2.79. The predicted octanol–water partition coefficient (Wildman–Crippen LogP) is 4.15. The number of halogens is 1. The second kappa shape index (κ2) is 8.63. The van der Waals surface area contributed by atoms with E-state index in [1.807, 2.05) is 26.8 Å². The number of carbonyl (C=O) groups is 2. The maximum atomic E-state index is 12.3. The summed E-state index contributed by atoms with van der Waals surface area (Å²) in [5, 5.41) is -0.353. The SMILES string of the molecule is C#CCN1C(=O)SC(=Cc2cc(I)c(OC(C)C)c(OCC)c2)C1=O. The summed E-state index contributed by atoms with van der Waals surface area (Å²) < 4.78 is 12.4. The van der Waals surface area contributed by atoms with Crippen molar-refractivity contribution in [2.75, 3.05) is 13.2 Å². The van der Waals surface area contributed by atoms with E-state index in [4.69, 9.17) is 15.9 Å². The van der Waals surface area contributed by atoms with Crippen LogP contribution in [-0.2, 0) is 4.79 Å². The third kappa shape index (κ3) is 4.70. The number of hydrogen-bond acceptors (Lipinski definition) is 5. The Bertz CT molecular complexity index is 767. The van der Waals surface area contributed by atoms with Crippen molar-refractivity contribution in [2.24, 2.45) is 0 Å². The van der Waals surface area contributed by atoms with E-state index in [0.29, 0.717) is 23.0 Å². The Morgan fingerprint density at radius 1 is 1.40 bits per heavy atom. The van der Waals surface area contributed by atoms with E-state index < -0.39 is 0 Å². The van der Waals surface area contributed by atoms with Crippen LogP contribution in [-0.4, -0.2) is 35.3 Å². The van der Waals surface area contributed by atoms with E-state index in [-0.39, 0.29) is 23.8 Å². The molecule has 1 aromatic carbocycles. The first-order chi connectivity index (χ1) is 11.9. The van der Waals surface area contributed by atoms with E-state index in [9.17, 15) is 9.59 Å². The minimum absolute atomic E-state index is 0.0128. The molecule has 1 aromatic rings. The molecule has 5 nitrogen and oxygen atoms in total. The van der Waals surface area contributed by atoms with Gasteiger partial charge in [-0.05, 0) is 78.9 Å². The van der Waals surface area contributed by atoms with Crippen LogP contribution < -0.4 is 9.47 Å². The van der Waals surface area contributed by atoms with Crippen LogP contribution in [0.15, 0.2) is 17.0 Å². The van der Waals surface area contributed by atoms with Gasteiger partial charge in [0.05, 0.1) is 27.7 Å². The fourth-order valence-electron chi connectivity index (χ4n) is 2.16. The summed E-state index contributed by atoms with van der Waals surface area (Å²) in [6.45, 7) is 6.25. The second-order valence-electron chi connectivity index (χ2n) is 5.40. The molecule has 25 heavy (non-hydrogen) atoms. The highest BCUT2D eigenvalue weighted by atomic mass is 127. The Labute approximate surface area is 165 Å². The van der Waals surface area contributed by atoms with Crippen LogP contribution in [0.5, 0.6) is 11.5 Å². The van der Waals surface area contributed by atoms with Crippen LogP contribution in [0.3, 0.4) is 0 Å². The number of imide groups is 1. The van der Waals surface area contributed by atoms with Crippen LogP contribution in [0.2, 0.25) is 0 Å². The molecule has 1 saturated heterocycles. The van der Waals surface area contributed by atoms with Gasteiger partial charge in [-0.2, -0.15) is 0 Å². The van der Waals surface area contributed by atoms with Gasteiger partial charge in [0.25, 0.3) is 11.1 Å². The number of hydrogen-bond donors (Lipinski definition) is 0. The summed E-state index contributed by atoms with van der Waals surface area (Å²) >= 11 is 3.05. The summed E-state index contributed by atoms with van der Waals surface area (Å²) in [6.07, 6.45) is 6.89. The van der Waals surface area contributed by atoms with Crippen LogP contribution in [0.1, 0.15) is 26.3 Å². The fraction of sp³-hybridized carbons (Fsp3) is 0.333. The lowest BCUT2D eigenvalue weighted by Crippen LogP contribution is -2.28. The van der Waals surface area contributed by atoms with Crippen LogP contribution in [0.4, 0.5) is 4.79 Å². The fourth-order valence-corrected chi connectivity index (χ4v) is 3.75. The molecular weight excluding hydrogens is 453 g/mol. The molecule has 1 aliphatic rings. The number of carbonyl (C=O) groups excluding carboxylic acids is 2.